The largest absolute Gasteiger partial charge is 0.358 e. The second kappa shape index (κ2) is 1.77. The third-order valence-electron chi connectivity index (χ3n) is 4.14. The van der Waals surface area contributed by atoms with Crippen LogP contribution < -0.4 is 0 Å². The van der Waals surface area contributed by atoms with Crippen molar-refractivity contribution in [2.24, 2.45) is 17.8 Å². The highest BCUT2D eigenvalue weighted by Crippen LogP contribution is 2.61. The van der Waals surface area contributed by atoms with Crippen LogP contribution in [-0.4, -0.2) is 17.5 Å². The van der Waals surface area contributed by atoms with Gasteiger partial charge in [0.2, 0.25) is 0 Å². The van der Waals surface area contributed by atoms with E-state index in [4.69, 9.17) is 4.74 Å². The molecule has 2 saturated carbocycles. The number of hydrogen-bond donors (Lipinski definition) is 0. The molecule has 3 aliphatic rings. The average molecular weight is 166 g/mol. The van der Waals surface area contributed by atoms with Crippen LogP contribution in [0.1, 0.15) is 26.7 Å². The van der Waals surface area contributed by atoms with Crippen LogP contribution in [0.4, 0.5) is 0 Å². The Morgan fingerprint density at radius 2 is 2.25 bits per heavy atom. The molecule has 3 rings (SSSR count). The molecule has 1 heterocycles. The summed E-state index contributed by atoms with van der Waals surface area (Å²) in [5, 5.41) is 0. The third-order valence-corrected chi connectivity index (χ3v) is 4.14. The van der Waals surface area contributed by atoms with Gasteiger partial charge < -0.3 is 4.74 Å². The molecule has 2 aliphatic carbocycles. The molecule has 12 heavy (non-hydrogen) atoms. The van der Waals surface area contributed by atoms with Crippen molar-refractivity contribution < 1.29 is 9.53 Å². The number of ether oxygens (including phenoxy) is 1. The predicted molar refractivity (Wildman–Crippen MR) is 43.7 cm³/mol. The molecule has 66 valence electrons. The smallest absolute Gasteiger partial charge is 0.168 e. The summed E-state index contributed by atoms with van der Waals surface area (Å²) in [5.74, 6) is 1.89. The second-order valence-corrected chi connectivity index (χ2v) is 4.77. The lowest BCUT2D eigenvalue weighted by atomic mass is 9.89. The zero-order valence-electron chi connectivity index (χ0n) is 7.54. The minimum atomic E-state index is -0.0352. The maximum Gasteiger partial charge on any atom is 0.168 e. The van der Waals surface area contributed by atoms with Crippen LogP contribution in [0.3, 0.4) is 0 Å². The van der Waals surface area contributed by atoms with Crippen molar-refractivity contribution >= 4 is 5.78 Å². The Balaban J connectivity index is 2.00. The van der Waals surface area contributed by atoms with Gasteiger partial charge >= 0.3 is 0 Å². The van der Waals surface area contributed by atoms with E-state index in [-0.39, 0.29) is 11.7 Å². The molecule has 1 saturated heterocycles. The molecular weight excluding hydrogens is 152 g/mol. The van der Waals surface area contributed by atoms with Gasteiger partial charge in [-0.15, -0.1) is 0 Å². The molecule has 0 radical (unpaired) electrons. The number of ketones is 1. The van der Waals surface area contributed by atoms with Gasteiger partial charge in [0.25, 0.3) is 0 Å². The van der Waals surface area contributed by atoms with Gasteiger partial charge in [0.1, 0.15) is 11.7 Å². The highest BCUT2D eigenvalue weighted by molar-refractivity contribution is 5.93. The van der Waals surface area contributed by atoms with Gasteiger partial charge in [-0.3, -0.25) is 4.79 Å². The van der Waals surface area contributed by atoms with E-state index in [1.807, 2.05) is 0 Å². The SMILES string of the molecule is CC1CCC2C1C(=O)C1OC12C. The fourth-order valence-corrected chi connectivity index (χ4v) is 3.34. The molecule has 2 nitrogen and oxygen atoms in total. The number of carbonyl (C=O) groups is 1. The Hall–Kier alpha value is -0.370. The van der Waals surface area contributed by atoms with Gasteiger partial charge in [-0.25, -0.2) is 0 Å². The molecule has 5 atom stereocenters. The normalized spacial score (nSPS) is 61.7. The maximum absolute atomic E-state index is 11.7. The summed E-state index contributed by atoms with van der Waals surface area (Å²) in [7, 11) is 0. The first-order valence-corrected chi connectivity index (χ1v) is 4.86. The standard InChI is InChI=1S/C10H14O2/c1-5-3-4-6-7(5)8(11)9-10(6,2)12-9/h5-7,9H,3-4H2,1-2H3. The van der Waals surface area contributed by atoms with E-state index in [1.165, 1.54) is 12.8 Å². The lowest BCUT2D eigenvalue weighted by Crippen LogP contribution is -2.23. The molecule has 0 N–H and O–H groups in total. The van der Waals surface area contributed by atoms with Gasteiger partial charge in [0.15, 0.2) is 5.78 Å². The fraction of sp³-hybridized carbons (Fsp3) is 0.900. The van der Waals surface area contributed by atoms with Gasteiger partial charge in [-0.2, -0.15) is 0 Å². The van der Waals surface area contributed by atoms with Crippen molar-refractivity contribution in [2.75, 3.05) is 0 Å². The molecule has 1 aliphatic heterocycles. The minimum absolute atomic E-state index is 0.0183. The van der Waals surface area contributed by atoms with E-state index in [0.29, 0.717) is 23.5 Å². The number of epoxide rings is 1. The molecule has 0 aromatic heterocycles. The molecule has 5 unspecified atom stereocenters. The first-order valence-electron chi connectivity index (χ1n) is 4.86. The summed E-state index contributed by atoms with van der Waals surface area (Å²) in [6.45, 7) is 4.31. The van der Waals surface area contributed by atoms with Crippen LogP contribution in [0.15, 0.2) is 0 Å². The summed E-state index contributed by atoms with van der Waals surface area (Å²) in [6.07, 6.45) is 2.40. The Morgan fingerprint density at radius 1 is 1.50 bits per heavy atom. The minimum Gasteiger partial charge on any atom is -0.358 e. The lowest BCUT2D eigenvalue weighted by molar-refractivity contribution is -0.125. The summed E-state index contributed by atoms with van der Waals surface area (Å²) < 4.78 is 5.47. The van der Waals surface area contributed by atoms with Crippen molar-refractivity contribution in [3.63, 3.8) is 0 Å². The van der Waals surface area contributed by atoms with Crippen LogP contribution in [0.5, 0.6) is 0 Å². The summed E-state index contributed by atoms with van der Waals surface area (Å²) >= 11 is 0. The maximum atomic E-state index is 11.7. The van der Waals surface area contributed by atoms with Crippen LogP contribution in [0.2, 0.25) is 0 Å². The number of hydrogen-bond acceptors (Lipinski definition) is 2. The first kappa shape index (κ1) is 7.07. The van der Waals surface area contributed by atoms with Crippen LogP contribution in [0.25, 0.3) is 0 Å². The van der Waals surface area contributed by atoms with E-state index in [0.717, 1.165) is 0 Å². The van der Waals surface area contributed by atoms with Crippen molar-refractivity contribution in [3.05, 3.63) is 0 Å². The van der Waals surface area contributed by atoms with Crippen molar-refractivity contribution in [3.8, 4) is 0 Å². The predicted octanol–water partition coefficient (Wildman–Crippen LogP) is 1.39. The zero-order valence-corrected chi connectivity index (χ0v) is 7.54. The quantitative estimate of drug-likeness (QED) is 0.509. The number of rotatable bonds is 0. The number of carbonyl (C=O) groups excluding carboxylic acids is 1. The van der Waals surface area contributed by atoms with Gasteiger partial charge in [0, 0.05) is 11.8 Å². The van der Waals surface area contributed by atoms with Crippen molar-refractivity contribution in [2.45, 2.75) is 38.4 Å². The Kier molecular flexibility index (Phi) is 1.04. The topological polar surface area (TPSA) is 29.6 Å². The van der Waals surface area contributed by atoms with Gasteiger partial charge in [-0.05, 0) is 25.7 Å². The molecule has 0 aromatic carbocycles. The summed E-state index contributed by atoms with van der Waals surface area (Å²) in [4.78, 5) is 11.7. The van der Waals surface area contributed by atoms with E-state index in [2.05, 4.69) is 13.8 Å². The second-order valence-electron chi connectivity index (χ2n) is 4.77. The van der Waals surface area contributed by atoms with Crippen molar-refractivity contribution in [1.29, 1.82) is 0 Å². The van der Waals surface area contributed by atoms with E-state index < -0.39 is 0 Å². The summed E-state index contributed by atoms with van der Waals surface area (Å²) in [6, 6.07) is 0. The van der Waals surface area contributed by atoms with E-state index >= 15 is 0 Å². The fourth-order valence-electron chi connectivity index (χ4n) is 3.34. The molecule has 0 aromatic rings. The highest BCUT2D eigenvalue weighted by Gasteiger charge is 2.72. The monoisotopic (exact) mass is 166 g/mol. The third kappa shape index (κ3) is 0.565. The Bertz CT molecular complexity index is 261. The van der Waals surface area contributed by atoms with Gasteiger partial charge in [0.05, 0.1) is 0 Å². The van der Waals surface area contributed by atoms with E-state index in [1.54, 1.807) is 0 Å². The molecule has 0 amide bonds. The van der Waals surface area contributed by atoms with E-state index in [9.17, 15) is 4.79 Å². The molecule has 0 spiro atoms. The van der Waals surface area contributed by atoms with Crippen LogP contribution in [0, 0.1) is 17.8 Å². The Labute approximate surface area is 72.3 Å². The molecule has 3 fully saturated rings. The molecular formula is C10H14O2. The van der Waals surface area contributed by atoms with Crippen molar-refractivity contribution in [1.82, 2.24) is 0 Å². The zero-order chi connectivity index (χ0) is 8.51. The van der Waals surface area contributed by atoms with Crippen LogP contribution >= 0.6 is 0 Å². The van der Waals surface area contributed by atoms with Gasteiger partial charge in [-0.1, -0.05) is 6.92 Å². The average Bonchev–Trinajstić information content (AvgIpc) is 2.46. The van der Waals surface area contributed by atoms with Crippen LogP contribution in [-0.2, 0) is 9.53 Å². The molecule has 0 bridgehead atoms. The first-order chi connectivity index (χ1) is 5.64. The summed E-state index contributed by atoms with van der Waals surface area (Å²) in [5.41, 5.74) is -0.0352. The number of fused-ring (bicyclic) bond motifs is 3. The molecule has 2 heteroatoms. The lowest BCUT2D eigenvalue weighted by Gasteiger charge is -2.17. The Morgan fingerprint density at radius 3 is 2.92 bits per heavy atom. The number of Topliss-reactive ketones (excluding diaryl/α,β-unsaturated/α-hetero) is 1. The highest BCUT2D eigenvalue weighted by atomic mass is 16.6.